The van der Waals surface area contributed by atoms with Crippen molar-refractivity contribution in [3.05, 3.63) is 0 Å². The maximum Gasteiger partial charge on any atom is 0.337 e. The van der Waals surface area contributed by atoms with Crippen LogP contribution in [0.2, 0.25) is 0 Å². The van der Waals surface area contributed by atoms with Crippen LogP contribution in [0.1, 0.15) is 20.3 Å². The van der Waals surface area contributed by atoms with Crippen LogP contribution in [-0.4, -0.2) is 47.8 Å². The maximum absolute atomic E-state index is 10.8. The number of carboxylic acids is 1. The van der Waals surface area contributed by atoms with Gasteiger partial charge < -0.3 is 9.84 Å². The van der Waals surface area contributed by atoms with Crippen molar-refractivity contribution in [2.45, 2.75) is 31.9 Å². The summed E-state index contributed by atoms with van der Waals surface area (Å²) in [6.45, 7) is 5.11. The molecule has 0 saturated carbocycles. The van der Waals surface area contributed by atoms with Crippen LogP contribution in [0.15, 0.2) is 0 Å². The van der Waals surface area contributed by atoms with Gasteiger partial charge in [0.1, 0.15) is 0 Å². The summed E-state index contributed by atoms with van der Waals surface area (Å²) >= 11 is 0. The van der Waals surface area contributed by atoms with Gasteiger partial charge in [0.2, 0.25) is 0 Å². The Kier molecular flexibility index (Phi) is 2.93. The largest absolute Gasteiger partial charge is 0.479 e. The third kappa shape index (κ3) is 1.56. The topological polar surface area (TPSA) is 49.8 Å². The molecule has 2 bridgehead atoms. The molecule has 0 radical (unpaired) electrons. The zero-order chi connectivity index (χ0) is 10.1. The fourth-order valence-electron chi connectivity index (χ4n) is 1.90. The lowest BCUT2D eigenvalue weighted by atomic mass is 10.0. The summed E-state index contributed by atoms with van der Waals surface area (Å²) in [7, 11) is 1.94. The fourth-order valence-corrected chi connectivity index (χ4v) is 1.90. The smallest absolute Gasteiger partial charge is 0.337 e. The van der Waals surface area contributed by atoms with Gasteiger partial charge in [-0.3, -0.25) is 4.90 Å². The fraction of sp³-hybridized carbons (Fsp3) is 0.889. The summed E-state index contributed by atoms with van der Waals surface area (Å²) < 4.78 is 5.23. The first-order valence-corrected chi connectivity index (χ1v) is 4.72. The molecule has 2 atom stereocenters. The Balaban J connectivity index is 0.000000396. The van der Waals surface area contributed by atoms with Crippen molar-refractivity contribution in [2.75, 3.05) is 20.2 Å². The normalized spacial score (nSPS) is 37.0. The van der Waals surface area contributed by atoms with Crippen LogP contribution < -0.4 is 0 Å². The van der Waals surface area contributed by atoms with Crippen LogP contribution >= 0.6 is 0 Å². The van der Waals surface area contributed by atoms with Gasteiger partial charge in [-0.1, -0.05) is 13.8 Å². The first kappa shape index (κ1) is 10.5. The predicted molar refractivity (Wildman–Crippen MR) is 48.7 cm³/mol. The standard InChI is InChI=1S/C7H11NO3.C2H6/c1-8-4-7(6(9)10)2-5(8)3-11-7;1-2/h5H,2-4H2,1H3,(H,9,10);1-2H3. The second-order valence-corrected chi connectivity index (χ2v) is 3.38. The monoisotopic (exact) mass is 187 g/mol. The van der Waals surface area contributed by atoms with Gasteiger partial charge in [0, 0.05) is 19.0 Å². The lowest BCUT2D eigenvalue weighted by molar-refractivity contribution is -0.162. The molecule has 2 fully saturated rings. The molecule has 0 aliphatic carbocycles. The third-order valence-electron chi connectivity index (χ3n) is 2.64. The molecule has 0 aromatic heterocycles. The molecule has 2 saturated heterocycles. The van der Waals surface area contributed by atoms with Crippen molar-refractivity contribution in [1.29, 1.82) is 0 Å². The van der Waals surface area contributed by atoms with Crippen molar-refractivity contribution in [2.24, 2.45) is 0 Å². The highest BCUT2D eigenvalue weighted by Crippen LogP contribution is 2.36. The molecular formula is C9H17NO3. The SMILES string of the molecule is CC.CN1CC2(C(=O)O)CC1CO2. The van der Waals surface area contributed by atoms with Crippen molar-refractivity contribution >= 4 is 5.97 Å². The van der Waals surface area contributed by atoms with E-state index in [1.54, 1.807) is 0 Å². The van der Waals surface area contributed by atoms with Gasteiger partial charge in [-0.05, 0) is 7.05 Å². The van der Waals surface area contributed by atoms with E-state index in [9.17, 15) is 4.79 Å². The van der Waals surface area contributed by atoms with Crippen LogP contribution in [0.3, 0.4) is 0 Å². The second-order valence-electron chi connectivity index (χ2n) is 3.38. The molecule has 4 heteroatoms. The molecule has 0 spiro atoms. The highest BCUT2D eigenvalue weighted by molar-refractivity contribution is 5.79. The van der Waals surface area contributed by atoms with Gasteiger partial charge in [-0.2, -0.15) is 0 Å². The van der Waals surface area contributed by atoms with Gasteiger partial charge in [0.25, 0.3) is 0 Å². The summed E-state index contributed by atoms with van der Waals surface area (Å²) in [4.78, 5) is 12.8. The number of hydrogen-bond donors (Lipinski definition) is 1. The molecule has 2 aliphatic heterocycles. The van der Waals surface area contributed by atoms with Crippen LogP contribution in [-0.2, 0) is 9.53 Å². The van der Waals surface area contributed by atoms with Crippen molar-refractivity contribution in [1.82, 2.24) is 4.90 Å². The number of nitrogens with zero attached hydrogens (tertiary/aromatic N) is 1. The number of likely N-dealkylation sites (tertiary alicyclic amines) is 1. The van der Waals surface area contributed by atoms with Gasteiger partial charge >= 0.3 is 5.97 Å². The number of morpholine rings is 1. The number of carbonyl (C=O) groups is 1. The average Bonchev–Trinajstić information content (AvgIpc) is 2.66. The van der Waals surface area contributed by atoms with Gasteiger partial charge in [-0.25, -0.2) is 4.79 Å². The molecule has 76 valence electrons. The second kappa shape index (κ2) is 3.64. The van der Waals surface area contributed by atoms with Crippen LogP contribution in [0.5, 0.6) is 0 Å². The Morgan fingerprint density at radius 2 is 2.23 bits per heavy atom. The van der Waals surface area contributed by atoms with E-state index in [1.165, 1.54) is 0 Å². The molecule has 4 nitrogen and oxygen atoms in total. The molecule has 0 aromatic carbocycles. The summed E-state index contributed by atoms with van der Waals surface area (Å²) in [5.74, 6) is -0.815. The molecule has 1 N–H and O–H groups in total. The molecule has 13 heavy (non-hydrogen) atoms. The average molecular weight is 187 g/mol. The van der Waals surface area contributed by atoms with Crippen LogP contribution in [0, 0.1) is 0 Å². The molecular weight excluding hydrogens is 170 g/mol. The minimum Gasteiger partial charge on any atom is -0.479 e. The first-order valence-electron chi connectivity index (χ1n) is 4.72. The minimum absolute atomic E-state index is 0.325. The zero-order valence-corrected chi connectivity index (χ0v) is 8.41. The van der Waals surface area contributed by atoms with E-state index >= 15 is 0 Å². The van der Waals surface area contributed by atoms with E-state index in [0.29, 0.717) is 25.6 Å². The summed E-state index contributed by atoms with van der Waals surface area (Å²) in [6, 6.07) is 0.325. The van der Waals surface area contributed by atoms with Gasteiger partial charge in [0.15, 0.2) is 5.60 Å². The maximum atomic E-state index is 10.8. The van der Waals surface area contributed by atoms with Crippen molar-refractivity contribution < 1.29 is 14.6 Å². The van der Waals surface area contributed by atoms with E-state index in [4.69, 9.17) is 9.84 Å². The summed E-state index contributed by atoms with van der Waals surface area (Å²) in [5, 5.41) is 8.86. The minimum atomic E-state index is -0.876. The van der Waals surface area contributed by atoms with E-state index < -0.39 is 11.6 Å². The third-order valence-corrected chi connectivity index (χ3v) is 2.64. The Labute approximate surface area is 78.5 Å². The number of fused-ring (bicyclic) bond motifs is 2. The van der Waals surface area contributed by atoms with Crippen LogP contribution in [0.4, 0.5) is 0 Å². The Morgan fingerprint density at radius 3 is 2.46 bits per heavy atom. The van der Waals surface area contributed by atoms with E-state index in [2.05, 4.69) is 4.90 Å². The number of hydrogen-bond acceptors (Lipinski definition) is 3. The number of ether oxygens (including phenoxy) is 1. The quantitative estimate of drug-likeness (QED) is 0.652. The Morgan fingerprint density at radius 1 is 1.62 bits per heavy atom. The molecule has 2 heterocycles. The van der Waals surface area contributed by atoms with Gasteiger partial charge in [0.05, 0.1) is 6.61 Å². The molecule has 0 aromatic rings. The van der Waals surface area contributed by atoms with Gasteiger partial charge in [-0.15, -0.1) is 0 Å². The highest BCUT2D eigenvalue weighted by atomic mass is 16.5. The molecule has 2 rings (SSSR count). The van der Waals surface area contributed by atoms with E-state index in [1.807, 2.05) is 20.9 Å². The predicted octanol–water partition coefficient (Wildman–Crippen LogP) is 0.570. The Hall–Kier alpha value is -0.610. The number of rotatable bonds is 1. The molecule has 0 amide bonds. The lowest BCUT2D eigenvalue weighted by Gasteiger charge is -2.26. The number of aliphatic carboxylic acids is 1. The highest BCUT2D eigenvalue weighted by Gasteiger charge is 2.54. The van der Waals surface area contributed by atoms with Crippen molar-refractivity contribution in [3.63, 3.8) is 0 Å². The summed E-state index contributed by atoms with van der Waals surface area (Å²) in [5.41, 5.74) is -0.876. The zero-order valence-electron chi connectivity index (χ0n) is 8.41. The number of likely N-dealkylation sites (N-methyl/N-ethyl adjacent to an activating group) is 1. The van der Waals surface area contributed by atoms with E-state index in [-0.39, 0.29) is 0 Å². The first-order chi connectivity index (χ1) is 6.14. The molecule has 2 unspecified atom stereocenters. The van der Waals surface area contributed by atoms with Crippen LogP contribution in [0.25, 0.3) is 0 Å². The molecule has 2 aliphatic rings. The van der Waals surface area contributed by atoms with Crippen molar-refractivity contribution in [3.8, 4) is 0 Å². The van der Waals surface area contributed by atoms with E-state index in [0.717, 1.165) is 0 Å². The number of carboxylic acid groups (broad SMARTS) is 1. The Bertz CT molecular complexity index is 203. The summed E-state index contributed by atoms with van der Waals surface area (Å²) in [6.07, 6.45) is 0.652. The lowest BCUT2D eigenvalue weighted by Crippen LogP contribution is -2.45.